The molecule has 0 unspecified atom stereocenters. The molecule has 0 aliphatic carbocycles. The summed E-state index contributed by atoms with van der Waals surface area (Å²) in [6.07, 6.45) is 2.50. The Morgan fingerprint density at radius 1 is 1.15 bits per heavy atom. The predicted octanol–water partition coefficient (Wildman–Crippen LogP) is 3.82. The average molecular weight is 497 g/mol. The molecule has 1 aliphatic rings. The lowest BCUT2D eigenvalue weighted by Crippen LogP contribution is -2.35. The number of carbonyl (C=O) groups is 2. The SMILES string of the molecule is CCOC(=O)C(=O)Nc1cc(C)c(Oc2ccc(O)c(S(=O)(=O)N3CCCCC3)c2)c(Cl)c1. The van der Waals surface area contributed by atoms with Crippen LogP contribution in [0.2, 0.25) is 5.02 Å². The normalized spacial score (nSPS) is 14.5. The molecule has 3 rings (SSSR count). The van der Waals surface area contributed by atoms with Gasteiger partial charge in [-0.2, -0.15) is 4.31 Å². The third-order valence-corrected chi connectivity index (χ3v) is 7.24. The van der Waals surface area contributed by atoms with Gasteiger partial charge in [0.15, 0.2) is 0 Å². The van der Waals surface area contributed by atoms with Crippen LogP contribution in [-0.2, 0) is 24.3 Å². The van der Waals surface area contributed by atoms with Crippen molar-refractivity contribution in [2.24, 2.45) is 0 Å². The molecule has 0 spiro atoms. The molecule has 2 aromatic carbocycles. The van der Waals surface area contributed by atoms with Crippen LogP contribution in [0.15, 0.2) is 35.2 Å². The molecule has 178 valence electrons. The fourth-order valence-corrected chi connectivity index (χ4v) is 5.36. The van der Waals surface area contributed by atoms with Crippen LogP contribution in [-0.4, -0.2) is 49.4 Å². The van der Waals surface area contributed by atoms with Crippen LogP contribution in [0.25, 0.3) is 0 Å². The van der Waals surface area contributed by atoms with Crippen molar-refractivity contribution in [3.63, 3.8) is 0 Å². The number of phenolic OH excluding ortho intramolecular Hbond substituents is 1. The van der Waals surface area contributed by atoms with Gasteiger partial charge in [-0.05, 0) is 56.5 Å². The van der Waals surface area contributed by atoms with Gasteiger partial charge in [0, 0.05) is 24.8 Å². The van der Waals surface area contributed by atoms with Gasteiger partial charge in [-0.25, -0.2) is 13.2 Å². The lowest BCUT2D eigenvalue weighted by atomic mass is 10.2. The van der Waals surface area contributed by atoms with E-state index in [9.17, 15) is 23.1 Å². The second-order valence-corrected chi connectivity index (χ2v) is 9.79. The van der Waals surface area contributed by atoms with E-state index in [-0.39, 0.29) is 39.5 Å². The van der Waals surface area contributed by atoms with Gasteiger partial charge in [-0.3, -0.25) is 4.79 Å². The zero-order valence-corrected chi connectivity index (χ0v) is 19.8. The number of anilines is 1. The number of nitrogens with zero attached hydrogens (tertiary/aromatic N) is 1. The number of amides is 1. The largest absolute Gasteiger partial charge is 0.507 e. The van der Waals surface area contributed by atoms with E-state index >= 15 is 0 Å². The number of nitrogens with one attached hydrogen (secondary N) is 1. The summed E-state index contributed by atoms with van der Waals surface area (Å²) in [7, 11) is -3.88. The highest BCUT2D eigenvalue weighted by molar-refractivity contribution is 7.89. The Kier molecular flexibility index (Phi) is 7.83. The molecule has 2 N–H and O–H groups in total. The average Bonchev–Trinajstić information content (AvgIpc) is 2.78. The number of ether oxygens (including phenoxy) is 2. The number of rotatable bonds is 6. The number of sulfonamides is 1. The Labute approximate surface area is 197 Å². The van der Waals surface area contributed by atoms with Gasteiger partial charge in [0.1, 0.15) is 22.1 Å². The predicted molar refractivity (Wildman–Crippen MR) is 122 cm³/mol. The van der Waals surface area contributed by atoms with Crippen LogP contribution in [0.5, 0.6) is 17.2 Å². The van der Waals surface area contributed by atoms with Crippen LogP contribution in [0, 0.1) is 6.92 Å². The van der Waals surface area contributed by atoms with Gasteiger partial charge in [-0.15, -0.1) is 0 Å². The summed E-state index contributed by atoms with van der Waals surface area (Å²) >= 11 is 6.32. The maximum absolute atomic E-state index is 13.0. The van der Waals surface area contributed by atoms with E-state index in [4.69, 9.17) is 16.3 Å². The molecule has 0 bridgehead atoms. The molecule has 0 aromatic heterocycles. The first-order valence-corrected chi connectivity index (χ1v) is 12.2. The second kappa shape index (κ2) is 10.4. The summed E-state index contributed by atoms with van der Waals surface area (Å²) in [5, 5.41) is 12.7. The number of hydrogen-bond acceptors (Lipinski definition) is 7. The topological polar surface area (TPSA) is 122 Å². The van der Waals surface area contributed by atoms with E-state index in [2.05, 4.69) is 10.1 Å². The molecule has 0 atom stereocenters. The number of piperidine rings is 1. The molecule has 1 fully saturated rings. The Morgan fingerprint density at radius 2 is 1.85 bits per heavy atom. The van der Waals surface area contributed by atoms with E-state index in [1.165, 1.54) is 28.6 Å². The number of esters is 1. The number of phenols is 1. The van der Waals surface area contributed by atoms with E-state index < -0.39 is 21.9 Å². The first-order valence-electron chi connectivity index (χ1n) is 10.4. The van der Waals surface area contributed by atoms with E-state index in [1.54, 1.807) is 19.9 Å². The number of carbonyl (C=O) groups excluding carboxylic acids is 2. The summed E-state index contributed by atoms with van der Waals surface area (Å²) in [4.78, 5) is 23.1. The van der Waals surface area contributed by atoms with Crippen molar-refractivity contribution in [3.8, 4) is 17.2 Å². The Balaban J connectivity index is 1.84. The lowest BCUT2D eigenvalue weighted by molar-refractivity contribution is -0.152. The monoisotopic (exact) mass is 496 g/mol. The molecule has 1 heterocycles. The second-order valence-electron chi connectivity index (χ2n) is 7.48. The minimum atomic E-state index is -3.88. The van der Waals surface area contributed by atoms with Crippen molar-refractivity contribution < 1.29 is 32.6 Å². The number of halogens is 1. The quantitative estimate of drug-likeness (QED) is 0.460. The molecule has 1 aliphatic heterocycles. The highest BCUT2D eigenvalue weighted by Gasteiger charge is 2.29. The van der Waals surface area contributed by atoms with Gasteiger partial charge in [0.2, 0.25) is 10.0 Å². The molecular formula is C22H25ClN2O7S. The molecular weight excluding hydrogens is 472 g/mol. The van der Waals surface area contributed by atoms with Gasteiger partial charge in [0.05, 0.1) is 11.6 Å². The van der Waals surface area contributed by atoms with Crippen LogP contribution in [0.4, 0.5) is 5.69 Å². The van der Waals surface area contributed by atoms with Crippen LogP contribution >= 0.6 is 11.6 Å². The fourth-order valence-electron chi connectivity index (χ4n) is 3.44. The Hall–Kier alpha value is -2.82. The molecule has 2 aromatic rings. The van der Waals surface area contributed by atoms with Crippen LogP contribution in [0.1, 0.15) is 31.7 Å². The molecule has 11 heteroatoms. The minimum Gasteiger partial charge on any atom is -0.507 e. The van der Waals surface area contributed by atoms with Gasteiger partial charge in [0.25, 0.3) is 0 Å². The van der Waals surface area contributed by atoms with Gasteiger partial charge < -0.3 is 19.9 Å². The van der Waals surface area contributed by atoms with Gasteiger partial charge in [-0.1, -0.05) is 18.0 Å². The van der Waals surface area contributed by atoms with E-state index in [1.807, 2.05) is 0 Å². The lowest BCUT2D eigenvalue weighted by Gasteiger charge is -2.26. The summed E-state index contributed by atoms with van der Waals surface area (Å²) < 4.78 is 37.8. The Bertz CT molecular complexity index is 1140. The Morgan fingerprint density at radius 3 is 2.48 bits per heavy atom. The van der Waals surface area contributed by atoms with Gasteiger partial charge >= 0.3 is 11.9 Å². The van der Waals surface area contributed by atoms with Crippen molar-refractivity contribution in [2.45, 2.75) is 38.0 Å². The highest BCUT2D eigenvalue weighted by Crippen LogP contribution is 2.38. The maximum Gasteiger partial charge on any atom is 0.397 e. The molecule has 33 heavy (non-hydrogen) atoms. The molecule has 1 amide bonds. The van der Waals surface area contributed by atoms with Crippen molar-refractivity contribution in [2.75, 3.05) is 25.0 Å². The summed E-state index contributed by atoms with van der Waals surface area (Å²) in [6.45, 7) is 4.13. The first-order chi connectivity index (χ1) is 15.6. The third kappa shape index (κ3) is 5.76. The standard InChI is InChI=1S/C22H25ClN2O7S/c1-3-31-22(28)21(27)24-15-11-14(2)20(17(23)12-15)32-16-7-8-18(26)19(13-16)33(29,30)25-9-5-4-6-10-25/h7-8,11-13,26H,3-6,9-10H2,1-2H3,(H,24,27). The van der Waals surface area contributed by atoms with Crippen LogP contribution < -0.4 is 10.1 Å². The van der Waals surface area contributed by atoms with Crippen molar-refractivity contribution in [1.29, 1.82) is 0 Å². The van der Waals surface area contributed by atoms with Crippen molar-refractivity contribution in [1.82, 2.24) is 4.31 Å². The maximum atomic E-state index is 13.0. The minimum absolute atomic E-state index is 0.0704. The van der Waals surface area contributed by atoms with E-state index in [0.29, 0.717) is 18.7 Å². The summed E-state index contributed by atoms with van der Waals surface area (Å²) in [6, 6.07) is 6.88. The molecule has 0 radical (unpaired) electrons. The zero-order chi connectivity index (χ0) is 24.2. The number of hydrogen-bond donors (Lipinski definition) is 2. The van der Waals surface area contributed by atoms with Crippen molar-refractivity contribution in [3.05, 3.63) is 40.9 Å². The molecule has 1 saturated heterocycles. The van der Waals surface area contributed by atoms with E-state index in [0.717, 1.165) is 19.3 Å². The number of aryl methyl sites for hydroxylation is 1. The molecule has 0 saturated carbocycles. The molecule has 9 nitrogen and oxygen atoms in total. The summed E-state index contributed by atoms with van der Waals surface area (Å²) in [5.41, 5.74) is 0.789. The number of aromatic hydroxyl groups is 1. The fraction of sp³-hybridized carbons (Fsp3) is 0.364. The zero-order valence-electron chi connectivity index (χ0n) is 18.3. The first kappa shape index (κ1) is 24.8. The smallest absolute Gasteiger partial charge is 0.397 e. The van der Waals surface area contributed by atoms with Crippen LogP contribution in [0.3, 0.4) is 0 Å². The summed E-state index contributed by atoms with van der Waals surface area (Å²) in [5.74, 6) is -1.92. The van der Waals surface area contributed by atoms with Crippen molar-refractivity contribution >= 4 is 39.2 Å². The number of benzene rings is 2. The third-order valence-electron chi connectivity index (χ3n) is 5.03. The highest BCUT2D eigenvalue weighted by atomic mass is 35.5.